The van der Waals surface area contributed by atoms with E-state index in [1.54, 1.807) is 4.72 Å². The van der Waals surface area contributed by atoms with Gasteiger partial charge in [-0.2, -0.15) is 27.8 Å². The molecule has 2 aliphatic heterocycles. The minimum Gasteiger partial charge on any atom is -0.387 e. The van der Waals surface area contributed by atoms with Gasteiger partial charge in [0.15, 0.2) is 11.9 Å². The lowest BCUT2D eigenvalue weighted by Gasteiger charge is -2.35. The fraction of sp³-hybridized carbons (Fsp3) is 0.727. The molecule has 0 radical (unpaired) electrons. The number of nitrogens with zero attached hydrogens (tertiary/aromatic N) is 5. The van der Waals surface area contributed by atoms with Crippen LogP contribution in [0.5, 0.6) is 0 Å². The van der Waals surface area contributed by atoms with Gasteiger partial charge in [0, 0.05) is 26.2 Å². The van der Waals surface area contributed by atoms with E-state index in [0.29, 0.717) is 17.6 Å². The van der Waals surface area contributed by atoms with Gasteiger partial charge in [-0.05, 0) is 30.9 Å². The summed E-state index contributed by atoms with van der Waals surface area (Å²) in [6.45, 7) is -1.68. The third-order valence-corrected chi connectivity index (χ3v) is 10.8. The molecule has 1 aliphatic carbocycles. The van der Waals surface area contributed by atoms with E-state index in [2.05, 4.69) is 20.4 Å². The topological polar surface area (TPSA) is 248 Å². The first kappa shape index (κ1) is 32.4. The smallest absolute Gasteiger partial charge is 0.369 e. The number of aliphatic hydroxyl groups is 2. The average molecular weight is 670 g/mol. The van der Waals surface area contributed by atoms with Crippen LogP contribution in [-0.2, 0) is 33.8 Å². The lowest BCUT2D eigenvalue weighted by Crippen LogP contribution is -2.58. The summed E-state index contributed by atoms with van der Waals surface area (Å²) in [5, 5.41) is 26.4. The third-order valence-electron chi connectivity index (χ3n) is 7.73. The van der Waals surface area contributed by atoms with Crippen LogP contribution in [-0.4, -0.2) is 121 Å². The summed E-state index contributed by atoms with van der Waals surface area (Å²) in [4.78, 5) is 41.8. The zero-order valence-electron chi connectivity index (χ0n) is 22.9. The second-order valence-corrected chi connectivity index (χ2v) is 14.4. The molecule has 0 bridgehead atoms. The number of rotatable bonds is 12. The zero-order valence-corrected chi connectivity index (χ0v) is 25.4. The van der Waals surface area contributed by atoms with E-state index in [4.69, 9.17) is 25.8 Å². The highest BCUT2D eigenvalue weighted by atomic mass is 35.5. The molecule has 1 saturated carbocycles. The van der Waals surface area contributed by atoms with Gasteiger partial charge in [-0.25, -0.2) is 9.40 Å². The largest absolute Gasteiger partial charge is 0.387 e. The first-order valence-electron chi connectivity index (χ1n) is 13.5. The van der Waals surface area contributed by atoms with Crippen LogP contribution >= 0.6 is 19.2 Å². The van der Waals surface area contributed by atoms with E-state index in [1.807, 2.05) is 0 Å². The van der Waals surface area contributed by atoms with Crippen molar-refractivity contribution >= 4 is 52.2 Å². The maximum Gasteiger partial charge on any atom is 0.369 e. The van der Waals surface area contributed by atoms with E-state index in [-0.39, 0.29) is 30.1 Å². The Bertz CT molecular complexity index is 1500. The minimum atomic E-state index is -5.60. The molecule has 21 heteroatoms. The number of nitrogens with one attached hydrogen (secondary N) is 2. The number of hydrogen-bond acceptors (Lipinski definition) is 13. The van der Waals surface area contributed by atoms with Gasteiger partial charge in [0.25, 0.3) is 11.2 Å². The molecule has 5 rings (SSSR count). The Morgan fingerprint density at radius 1 is 1.21 bits per heavy atom. The summed E-state index contributed by atoms with van der Waals surface area (Å²) in [6, 6.07) is 0.189. The Morgan fingerprint density at radius 3 is 2.51 bits per heavy atom. The highest BCUT2D eigenvalue weighted by Gasteiger charge is 2.58. The highest BCUT2D eigenvalue weighted by molar-refractivity contribution is 7.87. The van der Waals surface area contributed by atoms with Crippen molar-refractivity contribution < 1.29 is 52.0 Å². The first-order valence-corrected chi connectivity index (χ1v) is 16.9. The molecule has 2 saturated heterocycles. The number of anilines is 1. The molecule has 43 heavy (non-hydrogen) atoms. The van der Waals surface area contributed by atoms with Crippen LogP contribution < -0.4 is 10.0 Å². The molecule has 0 unspecified atom stereocenters. The number of ether oxygens (including phenoxy) is 3. The first-order chi connectivity index (χ1) is 20.3. The normalized spacial score (nSPS) is 26.8. The van der Waals surface area contributed by atoms with Crippen LogP contribution in [0.25, 0.3) is 11.0 Å². The summed E-state index contributed by atoms with van der Waals surface area (Å²) in [5.41, 5.74) is 0.179. The predicted octanol–water partition coefficient (Wildman–Crippen LogP) is -0.943. The number of hydrogen-bond donors (Lipinski definition) is 6. The fourth-order valence-corrected chi connectivity index (χ4v) is 7.57. The summed E-state index contributed by atoms with van der Waals surface area (Å²) in [7, 11) is -8.99. The number of carbonyl (C=O) groups is 1. The molecule has 18 nitrogen and oxygen atoms in total. The lowest BCUT2D eigenvalue weighted by molar-refractivity contribution is -0.151. The van der Waals surface area contributed by atoms with Crippen molar-refractivity contribution in [3.63, 3.8) is 0 Å². The Balaban J connectivity index is 1.37. The quantitative estimate of drug-likeness (QED) is 0.118. The van der Waals surface area contributed by atoms with Gasteiger partial charge in [-0.3, -0.25) is 9.36 Å². The molecule has 4 heterocycles. The molecule has 0 spiro atoms. The van der Waals surface area contributed by atoms with Crippen LogP contribution in [0, 0.1) is 0 Å². The minimum absolute atomic E-state index is 0.104. The lowest BCUT2D eigenvalue weighted by atomic mass is 10.1. The number of aliphatic hydroxyl groups excluding tert-OH is 2. The number of halogens is 1. The zero-order chi connectivity index (χ0) is 31.2. The van der Waals surface area contributed by atoms with Gasteiger partial charge in [0.05, 0.1) is 24.8 Å². The molecule has 3 fully saturated rings. The molecule has 0 aromatic carbocycles. The van der Waals surface area contributed by atoms with Crippen LogP contribution in [0.2, 0.25) is 5.28 Å². The monoisotopic (exact) mass is 669 g/mol. The van der Waals surface area contributed by atoms with Gasteiger partial charge in [-0.1, -0.05) is 12.8 Å². The van der Waals surface area contributed by atoms with Gasteiger partial charge >= 0.3 is 17.8 Å². The van der Waals surface area contributed by atoms with E-state index < -0.39 is 66.8 Å². The number of fused-ring (bicyclic) bond motifs is 1. The highest BCUT2D eigenvalue weighted by Crippen LogP contribution is 2.52. The second kappa shape index (κ2) is 12.4. The molecule has 6 N–H and O–H groups in total. The summed E-state index contributed by atoms with van der Waals surface area (Å²) in [5.74, 6) is -1.24. The molecular formula is C22H33ClN7O11PS. The Morgan fingerprint density at radius 2 is 1.91 bits per heavy atom. The number of amides is 1. The van der Waals surface area contributed by atoms with Gasteiger partial charge in [0.1, 0.15) is 24.1 Å². The van der Waals surface area contributed by atoms with E-state index in [0.717, 1.165) is 37.1 Å². The SMILES string of the molecule is COC[C@@](OC[C@H]1O[C@@H](n2ncc3c(NC4CCCC4)nc(Cl)nc32)[C@H](O)[C@@H]1O)(C(=O)NS(=O)(=O)N1CCC1)P(=O)(O)O. The standard InChI is InChI=1S/C22H33ClN7O11PS/c1-39-11-22(42(34,35)36,20(33)28-43(37,38)29-7-4-8-29)40-10-14-15(31)16(32)19(41-14)30-18-13(9-24-30)17(26-21(23)27-18)25-12-5-2-3-6-12/h9,12,14-16,19,31-32H,2-8,10-11H2,1H3,(H,28,33)(H,25,26,27)(H2,34,35,36)/t14-,15-,16-,19-,22+/m1/s1. The van der Waals surface area contributed by atoms with Crippen LogP contribution in [0.4, 0.5) is 5.82 Å². The molecule has 5 atom stereocenters. The number of carbonyl (C=O) groups excluding carboxylic acids is 1. The van der Waals surface area contributed by atoms with E-state index >= 15 is 0 Å². The maximum atomic E-state index is 13.1. The molecule has 1 amide bonds. The molecular weight excluding hydrogens is 637 g/mol. The van der Waals surface area contributed by atoms with E-state index in [9.17, 15) is 37.8 Å². The van der Waals surface area contributed by atoms with Crippen molar-refractivity contribution in [2.45, 2.75) is 68.0 Å². The summed E-state index contributed by atoms with van der Waals surface area (Å²) >= 11 is 6.17. The van der Waals surface area contributed by atoms with Crippen LogP contribution in [0.3, 0.4) is 0 Å². The van der Waals surface area contributed by atoms with Crippen LogP contribution in [0.1, 0.15) is 38.3 Å². The van der Waals surface area contributed by atoms with Crippen molar-refractivity contribution in [2.75, 3.05) is 38.7 Å². The molecule has 2 aromatic rings. The maximum absolute atomic E-state index is 13.1. The molecule has 240 valence electrons. The summed E-state index contributed by atoms with van der Waals surface area (Å²) < 4.78 is 57.3. The van der Waals surface area contributed by atoms with Gasteiger partial charge < -0.3 is 39.5 Å². The van der Waals surface area contributed by atoms with Crippen molar-refractivity contribution in [2.24, 2.45) is 0 Å². The Kier molecular flexibility index (Phi) is 9.33. The van der Waals surface area contributed by atoms with E-state index in [1.165, 1.54) is 10.9 Å². The molecule has 3 aliphatic rings. The summed E-state index contributed by atoms with van der Waals surface area (Å²) in [6.07, 6.45) is -0.0993. The molecule has 2 aromatic heterocycles. The third kappa shape index (κ3) is 6.26. The number of methoxy groups -OCH3 is 1. The second-order valence-electron chi connectivity index (χ2n) is 10.6. The predicted molar refractivity (Wildman–Crippen MR) is 148 cm³/mol. The Labute approximate surface area is 251 Å². The van der Waals surface area contributed by atoms with Crippen molar-refractivity contribution in [1.82, 2.24) is 28.8 Å². The van der Waals surface area contributed by atoms with Gasteiger partial charge in [0.2, 0.25) is 5.28 Å². The van der Waals surface area contributed by atoms with Gasteiger partial charge in [-0.15, -0.1) is 0 Å². The number of aromatic nitrogens is 4. The Hall–Kier alpha value is -2.03. The average Bonchev–Trinajstić information content (AvgIpc) is 3.60. The van der Waals surface area contributed by atoms with Crippen molar-refractivity contribution in [1.29, 1.82) is 0 Å². The van der Waals surface area contributed by atoms with Crippen molar-refractivity contribution in [3.05, 3.63) is 11.5 Å². The van der Waals surface area contributed by atoms with Crippen molar-refractivity contribution in [3.8, 4) is 0 Å². The fourth-order valence-electron chi connectivity index (χ4n) is 5.21. The van der Waals surface area contributed by atoms with Crippen LogP contribution in [0.15, 0.2) is 6.20 Å².